The fourth-order valence-electron chi connectivity index (χ4n) is 2.85. The molecule has 0 aliphatic heterocycles. The number of esters is 2. The maximum absolute atomic E-state index is 12.4. The van der Waals surface area contributed by atoms with Crippen LogP contribution in [0.15, 0.2) is 30.6 Å². The van der Waals surface area contributed by atoms with E-state index in [1.165, 1.54) is 6.20 Å². The second-order valence-electron chi connectivity index (χ2n) is 5.94. The van der Waals surface area contributed by atoms with E-state index in [2.05, 4.69) is 9.97 Å². The van der Waals surface area contributed by atoms with Gasteiger partial charge < -0.3 is 18.9 Å². The number of aryl methyl sites for hydroxylation is 1. The van der Waals surface area contributed by atoms with Crippen molar-refractivity contribution < 1.29 is 23.9 Å². The van der Waals surface area contributed by atoms with Crippen LogP contribution in [-0.4, -0.2) is 45.3 Å². The molecule has 3 rings (SSSR count). The van der Waals surface area contributed by atoms with Gasteiger partial charge in [-0.05, 0) is 38.5 Å². The van der Waals surface area contributed by atoms with E-state index in [1.54, 1.807) is 43.5 Å². The fourth-order valence-corrected chi connectivity index (χ4v) is 2.85. The summed E-state index contributed by atoms with van der Waals surface area (Å²) in [5.74, 6) is -1.63. The predicted molar refractivity (Wildman–Crippen MR) is 96.0 cm³/mol. The molecule has 0 aliphatic carbocycles. The van der Waals surface area contributed by atoms with Crippen LogP contribution in [0, 0.1) is 13.8 Å². The molecule has 3 heterocycles. The zero-order chi connectivity index (χ0) is 19.6. The number of carbonyl (C=O) groups excluding carboxylic acids is 3. The number of aromatic nitrogens is 3. The molecule has 27 heavy (non-hydrogen) atoms. The highest BCUT2D eigenvalue weighted by Gasteiger charge is 2.24. The van der Waals surface area contributed by atoms with Crippen LogP contribution in [0.5, 0.6) is 0 Å². The summed E-state index contributed by atoms with van der Waals surface area (Å²) in [5, 5.41) is 0. The maximum atomic E-state index is 12.4. The van der Waals surface area contributed by atoms with Crippen molar-refractivity contribution in [3.05, 3.63) is 58.8 Å². The minimum atomic E-state index is -0.696. The Hall–Kier alpha value is -3.42. The van der Waals surface area contributed by atoms with Gasteiger partial charge in [0.05, 0.1) is 17.9 Å². The predicted octanol–water partition coefficient (Wildman–Crippen LogP) is 2.50. The standard InChI is InChI=1S/C19H19N3O5/c1-4-26-19(25)16-11(2)17(20-12(16)3)14(23)10-27-18(24)13-9-22-8-6-5-7-15(22)21-13/h5-9,20H,4,10H2,1-3H3. The molecule has 0 atom stereocenters. The Morgan fingerprint density at radius 2 is 1.93 bits per heavy atom. The van der Waals surface area contributed by atoms with Gasteiger partial charge in [-0.25, -0.2) is 14.6 Å². The van der Waals surface area contributed by atoms with Crippen molar-refractivity contribution in [2.75, 3.05) is 13.2 Å². The highest BCUT2D eigenvalue weighted by molar-refractivity contribution is 6.03. The number of ether oxygens (including phenoxy) is 2. The number of Topliss-reactive ketones (excluding diaryl/α,β-unsaturated/α-hetero) is 1. The lowest BCUT2D eigenvalue weighted by atomic mass is 10.1. The molecule has 0 aromatic carbocycles. The number of imidazole rings is 1. The summed E-state index contributed by atoms with van der Waals surface area (Å²) in [4.78, 5) is 43.6. The van der Waals surface area contributed by atoms with Gasteiger partial charge in [0.15, 0.2) is 12.3 Å². The zero-order valence-electron chi connectivity index (χ0n) is 15.2. The third kappa shape index (κ3) is 3.59. The second kappa shape index (κ2) is 7.45. The van der Waals surface area contributed by atoms with E-state index in [0.29, 0.717) is 22.5 Å². The molecule has 0 bridgehead atoms. The van der Waals surface area contributed by atoms with Crippen LogP contribution in [0.1, 0.15) is 49.5 Å². The number of hydrogen-bond acceptors (Lipinski definition) is 6. The number of aromatic amines is 1. The van der Waals surface area contributed by atoms with Gasteiger partial charge in [0.2, 0.25) is 5.78 Å². The summed E-state index contributed by atoms with van der Waals surface area (Å²) < 4.78 is 11.8. The van der Waals surface area contributed by atoms with E-state index in [0.717, 1.165) is 0 Å². The Labute approximate surface area is 155 Å². The first kappa shape index (κ1) is 18.4. The highest BCUT2D eigenvalue weighted by Crippen LogP contribution is 2.19. The van der Waals surface area contributed by atoms with Crippen LogP contribution in [0.4, 0.5) is 0 Å². The molecule has 0 saturated heterocycles. The van der Waals surface area contributed by atoms with Crippen molar-refractivity contribution in [1.82, 2.24) is 14.4 Å². The first-order valence-electron chi connectivity index (χ1n) is 8.42. The average molecular weight is 369 g/mol. The van der Waals surface area contributed by atoms with Crippen molar-refractivity contribution in [1.29, 1.82) is 0 Å². The first-order chi connectivity index (χ1) is 12.9. The van der Waals surface area contributed by atoms with Crippen molar-refractivity contribution in [2.24, 2.45) is 0 Å². The van der Waals surface area contributed by atoms with Crippen LogP contribution >= 0.6 is 0 Å². The molecule has 1 N–H and O–H groups in total. The van der Waals surface area contributed by atoms with Gasteiger partial charge in [0, 0.05) is 18.1 Å². The van der Waals surface area contributed by atoms with Crippen molar-refractivity contribution >= 4 is 23.4 Å². The summed E-state index contributed by atoms with van der Waals surface area (Å²) in [7, 11) is 0. The van der Waals surface area contributed by atoms with Crippen LogP contribution < -0.4 is 0 Å². The fraction of sp³-hybridized carbons (Fsp3) is 0.263. The molecular formula is C19H19N3O5. The van der Waals surface area contributed by atoms with Crippen LogP contribution in [-0.2, 0) is 9.47 Å². The molecule has 0 fully saturated rings. The molecule has 0 radical (unpaired) electrons. The lowest BCUT2D eigenvalue weighted by Crippen LogP contribution is -2.16. The van der Waals surface area contributed by atoms with Crippen molar-refractivity contribution in [2.45, 2.75) is 20.8 Å². The normalized spacial score (nSPS) is 10.8. The quantitative estimate of drug-likeness (QED) is 0.529. The lowest BCUT2D eigenvalue weighted by molar-refractivity contribution is 0.0467. The third-order valence-corrected chi connectivity index (χ3v) is 4.10. The van der Waals surface area contributed by atoms with E-state index in [1.807, 2.05) is 6.07 Å². The van der Waals surface area contributed by atoms with Gasteiger partial charge in [0.1, 0.15) is 5.65 Å². The summed E-state index contributed by atoms with van der Waals surface area (Å²) >= 11 is 0. The minimum Gasteiger partial charge on any atom is -0.462 e. The summed E-state index contributed by atoms with van der Waals surface area (Å²) in [6.07, 6.45) is 3.29. The van der Waals surface area contributed by atoms with Crippen molar-refractivity contribution in [3.63, 3.8) is 0 Å². The molecule has 3 aromatic heterocycles. The zero-order valence-corrected chi connectivity index (χ0v) is 15.2. The number of H-pyrrole nitrogens is 1. The largest absolute Gasteiger partial charge is 0.462 e. The summed E-state index contributed by atoms with van der Waals surface area (Å²) in [6, 6.07) is 5.37. The minimum absolute atomic E-state index is 0.112. The van der Waals surface area contributed by atoms with Gasteiger partial charge in [-0.3, -0.25) is 4.79 Å². The Balaban J connectivity index is 1.71. The SMILES string of the molecule is CCOC(=O)c1c(C)[nH]c(C(=O)COC(=O)c2cn3ccccc3n2)c1C. The van der Waals surface area contributed by atoms with E-state index >= 15 is 0 Å². The number of pyridine rings is 1. The smallest absolute Gasteiger partial charge is 0.359 e. The van der Waals surface area contributed by atoms with E-state index in [4.69, 9.17) is 9.47 Å². The van der Waals surface area contributed by atoms with E-state index < -0.39 is 24.3 Å². The van der Waals surface area contributed by atoms with Crippen LogP contribution in [0.3, 0.4) is 0 Å². The van der Waals surface area contributed by atoms with Gasteiger partial charge in [-0.15, -0.1) is 0 Å². The molecule has 0 spiro atoms. The Kier molecular flexibility index (Phi) is 5.07. The molecule has 3 aromatic rings. The molecule has 0 saturated carbocycles. The lowest BCUT2D eigenvalue weighted by Gasteiger charge is -2.03. The highest BCUT2D eigenvalue weighted by atomic mass is 16.5. The Morgan fingerprint density at radius 1 is 1.15 bits per heavy atom. The summed E-state index contributed by atoms with van der Waals surface area (Å²) in [6.45, 7) is 4.81. The third-order valence-electron chi connectivity index (χ3n) is 4.10. The maximum Gasteiger partial charge on any atom is 0.359 e. The van der Waals surface area contributed by atoms with E-state index in [-0.39, 0.29) is 18.0 Å². The van der Waals surface area contributed by atoms with Gasteiger partial charge in [0.25, 0.3) is 0 Å². The van der Waals surface area contributed by atoms with Crippen LogP contribution in [0.25, 0.3) is 5.65 Å². The molecule has 8 heteroatoms. The molecule has 8 nitrogen and oxygen atoms in total. The molecule has 0 amide bonds. The number of nitrogens with one attached hydrogen (secondary N) is 1. The Bertz CT molecular complexity index is 998. The number of ketones is 1. The van der Waals surface area contributed by atoms with Crippen molar-refractivity contribution in [3.8, 4) is 0 Å². The number of nitrogens with zero attached hydrogens (tertiary/aromatic N) is 2. The molecular weight excluding hydrogens is 350 g/mol. The number of hydrogen-bond donors (Lipinski definition) is 1. The number of carbonyl (C=O) groups is 3. The Morgan fingerprint density at radius 3 is 2.63 bits per heavy atom. The monoisotopic (exact) mass is 369 g/mol. The number of rotatable bonds is 6. The molecule has 0 aliphatic rings. The molecule has 140 valence electrons. The molecule has 0 unspecified atom stereocenters. The first-order valence-corrected chi connectivity index (χ1v) is 8.42. The van der Waals surface area contributed by atoms with Gasteiger partial charge in [-0.1, -0.05) is 6.07 Å². The average Bonchev–Trinajstić information content (AvgIpc) is 3.20. The second-order valence-corrected chi connectivity index (χ2v) is 5.94. The summed E-state index contributed by atoms with van der Waals surface area (Å²) in [5.41, 5.74) is 2.26. The topological polar surface area (TPSA) is 103 Å². The van der Waals surface area contributed by atoms with E-state index in [9.17, 15) is 14.4 Å². The van der Waals surface area contributed by atoms with Crippen LogP contribution in [0.2, 0.25) is 0 Å². The number of fused-ring (bicyclic) bond motifs is 1. The van der Waals surface area contributed by atoms with Gasteiger partial charge >= 0.3 is 11.9 Å². The van der Waals surface area contributed by atoms with Gasteiger partial charge in [-0.2, -0.15) is 0 Å².